The van der Waals surface area contributed by atoms with Crippen molar-refractivity contribution < 1.29 is 38.5 Å². The number of hydrogen-bond donors (Lipinski definition) is 3. The number of esters is 1. The van der Waals surface area contributed by atoms with E-state index in [0.29, 0.717) is 86.2 Å². The van der Waals surface area contributed by atoms with E-state index >= 15 is 0 Å². The zero-order chi connectivity index (χ0) is 46.8. The van der Waals surface area contributed by atoms with E-state index in [1.165, 1.54) is 0 Å². The number of ether oxygens (including phenoxy) is 3. The minimum atomic E-state index is -1.06. The van der Waals surface area contributed by atoms with Gasteiger partial charge in [-0.1, -0.05) is 92.5 Å². The number of carbonyl (C=O) groups excluding carboxylic acids is 3. The zero-order valence-electron chi connectivity index (χ0n) is 36.4. The highest BCUT2D eigenvalue weighted by molar-refractivity contribution is 9.09. The van der Waals surface area contributed by atoms with Crippen LogP contribution in [0, 0.1) is 0 Å². The van der Waals surface area contributed by atoms with E-state index in [4.69, 9.17) is 25.7 Å². The van der Waals surface area contributed by atoms with Gasteiger partial charge in [0.15, 0.2) is 0 Å². The lowest BCUT2D eigenvalue weighted by atomic mass is 9.74. The number of alkyl halides is 2. The average Bonchev–Trinajstić information content (AvgIpc) is 3.97. The molecular weight excluding hydrogens is 976 g/mol. The van der Waals surface area contributed by atoms with Crippen LogP contribution >= 0.6 is 31.9 Å². The summed E-state index contributed by atoms with van der Waals surface area (Å²) in [5.41, 5.74) is 18.0. The molecule has 0 unspecified atom stereocenters. The first-order valence-corrected chi connectivity index (χ1v) is 23.7. The van der Waals surface area contributed by atoms with Gasteiger partial charge in [0.05, 0.1) is 42.7 Å². The van der Waals surface area contributed by atoms with Gasteiger partial charge in [0.25, 0.3) is 11.8 Å². The van der Waals surface area contributed by atoms with Gasteiger partial charge in [-0.15, -0.1) is 0 Å². The normalized spacial score (nSPS) is 14.7. The number of nitrogen functional groups attached to an aromatic ring is 2. The number of aromatic nitrogens is 4. The molecule has 0 spiro atoms. The summed E-state index contributed by atoms with van der Waals surface area (Å²) >= 11 is 6.48. The molecule has 0 saturated carbocycles. The number of aliphatic carboxylic acids is 1. The number of carbonyl (C=O) groups is 4. The molecule has 9 rings (SSSR count). The quantitative estimate of drug-likeness (QED) is 0.0692. The molecule has 0 aliphatic carbocycles. The van der Waals surface area contributed by atoms with Crippen LogP contribution in [0.25, 0.3) is 21.8 Å². The number of nitrogens with two attached hydrogens (primary N) is 2. The molecule has 2 amide bonds. The van der Waals surface area contributed by atoms with Gasteiger partial charge in [-0.25, -0.2) is 19.9 Å². The number of hydrogen-bond acceptors (Lipinski definition) is 13. The maximum atomic E-state index is 13.4. The summed E-state index contributed by atoms with van der Waals surface area (Å²) in [4.78, 5) is 71.1. The topological polar surface area (TPSA) is 226 Å². The molecule has 18 heteroatoms. The van der Waals surface area contributed by atoms with Crippen molar-refractivity contribution in [2.45, 2.75) is 57.8 Å². The first-order valence-electron chi connectivity index (χ1n) is 21.5. The SMILES string of the molecule is BrCCOCCBr.CCOC(=O)Cc1ccc2nc(N)nc(C(=O)N3Cc4ccccc4C3)c2c1.Nc1nc(C(=O)N2Cc3ccccc3C2)c2cc(C3(C(=O)O)CCOCC3)ccc2n1. The van der Waals surface area contributed by atoms with Crippen LogP contribution in [-0.4, -0.2) is 102 Å². The van der Waals surface area contributed by atoms with Crippen LogP contribution in [0.2, 0.25) is 0 Å². The Bertz CT molecular complexity index is 2700. The van der Waals surface area contributed by atoms with Crippen LogP contribution in [-0.2, 0) is 61.8 Å². The molecule has 3 aliphatic rings. The van der Waals surface area contributed by atoms with Crippen LogP contribution in [0.15, 0.2) is 84.9 Å². The lowest BCUT2D eigenvalue weighted by Gasteiger charge is -2.33. The lowest BCUT2D eigenvalue weighted by Crippen LogP contribution is -2.41. The van der Waals surface area contributed by atoms with E-state index in [2.05, 4.69) is 51.8 Å². The fourth-order valence-electron chi connectivity index (χ4n) is 8.26. The third-order valence-electron chi connectivity index (χ3n) is 11.6. The van der Waals surface area contributed by atoms with Crippen LogP contribution < -0.4 is 11.5 Å². The Morgan fingerprint density at radius 3 is 1.62 bits per heavy atom. The number of carboxylic acids is 1. The molecule has 1 fully saturated rings. The molecule has 16 nitrogen and oxygen atoms in total. The summed E-state index contributed by atoms with van der Waals surface area (Å²) in [5, 5.41) is 13.0. The molecule has 4 aromatic carbocycles. The predicted molar refractivity (Wildman–Crippen MR) is 256 cm³/mol. The summed E-state index contributed by atoms with van der Waals surface area (Å²) < 4.78 is 15.4. The van der Waals surface area contributed by atoms with Gasteiger partial charge in [-0.2, -0.15) is 0 Å². The van der Waals surface area contributed by atoms with Crippen molar-refractivity contribution in [1.29, 1.82) is 0 Å². The van der Waals surface area contributed by atoms with Gasteiger partial charge in [-0.3, -0.25) is 19.2 Å². The van der Waals surface area contributed by atoms with E-state index in [-0.39, 0.29) is 47.5 Å². The molecule has 0 radical (unpaired) electrons. The number of nitrogens with zero attached hydrogens (tertiary/aromatic N) is 6. The third-order valence-corrected chi connectivity index (χ3v) is 12.2. The van der Waals surface area contributed by atoms with Gasteiger partial charge in [0.1, 0.15) is 11.4 Å². The number of rotatable bonds is 11. The summed E-state index contributed by atoms with van der Waals surface area (Å²) in [6, 6.07) is 26.4. The van der Waals surface area contributed by atoms with E-state index in [0.717, 1.165) is 51.7 Å². The van der Waals surface area contributed by atoms with Crippen molar-refractivity contribution in [3.8, 4) is 0 Å². The van der Waals surface area contributed by atoms with Gasteiger partial charge in [0.2, 0.25) is 11.9 Å². The zero-order valence-corrected chi connectivity index (χ0v) is 39.6. The van der Waals surface area contributed by atoms with Gasteiger partial charge in [0, 0.05) is 60.8 Å². The van der Waals surface area contributed by atoms with Gasteiger partial charge >= 0.3 is 11.9 Å². The molecular formula is C48H50Br2N8O8. The second-order valence-electron chi connectivity index (χ2n) is 15.8. The Morgan fingerprint density at radius 1 is 0.697 bits per heavy atom. The van der Waals surface area contributed by atoms with Crippen molar-refractivity contribution >= 4 is 89.3 Å². The minimum absolute atomic E-state index is 0.0133. The van der Waals surface area contributed by atoms with E-state index in [9.17, 15) is 24.3 Å². The molecule has 5 heterocycles. The lowest BCUT2D eigenvalue weighted by molar-refractivity contribution is -0.148. The maximum absolute atomic E-state index is 13.4. The predicted octanol–water partition coefficient (Wildman–Crippen LogP) is 6.77. The Kier molecular flexibility index (Phi) is 15.9. The number of anilines is 2. The standard InChI is InChI=1S/C23H22N4O4.C21H20N4O3.C4H8Br2O/c24-22-25-18-6-5-16(23(21(29)30)7-9-31-10-8-23)11-17(18)19(26-22)20(28)27-12-14-3-1-2-4-15(14)13-27;1-2-28-18(26)10-13-7-8-17-16(9-13)19(24-21(22)23-17)20(27)25-11-14-5-3-4-6-15(14)12-25;5-1-3-7-4-2-6/h1-6,11H,7-10,12-13H2,(H,29,30)(H2,24,25,26);3-9H,2,10-12H2,1H3,(H2,22,23,24);1-4H2. The summed E-state index contributed by atoms with van der Waals surface area (Å²) in [7, 11) is 0. The molecule has 66 heavy (non-hydrogen) atoms. The maximum Gasteiger partial charge on any atom is 0.314 e. The summed E-state index contributed by atoms with van der Waals surface area (Å²) in [6.45, 7) is 6.52. The molecule has 2 aromatic heterocycles. The van der Waals surface area contributed by atoms with E-state index < -0.39 is 11.4 Å². The molecule has 1 saturated heterocycles. The second kappa shape index (κ2) is 21.9. The first-order chi connectivity index (χ1) is 31.9. The van der Waals surface area contributed by atoms with Crippen molar-refractivity contribution in [3.63, 3.8) is 0 Å². The van der Waals surface area contributed by atoms with Crippen molar-refractivity contribution in [3.05, 3.63) is 130 Å². The fraction of sp³-hybridized carbons (Fsp3) is 0.333. The Morgan fingerprint density at radius 2 is 1.17 bits per heavy atom. The van der Waals surface area contributed by atoms with Crippen LogP contribution in [0.4, 0.5) is 11.9 Å². The number of fused-ring (bicyclic) bond motifs is 4. The second-order valence-corrected chi connectivity index (χ2v) is 17.4. The first kappa shape index (κ1) is 47.9. The van der Waals surface area contributed by atoms with Crippen molar-refractivity contribution in [2.24, 2.45) is 0 Å². The highest BCUT2D eigenvalue weighted by Crippen LogP contribution is 2.37. The molecule has 0 atom stereocenters. The highest BCUT2D eigenvalue weighted by atomic mass is 79.9. The smallest absolute Gasteiger partial charge is 0.314 e. The number of benzene rings is 4. The highest BCUT2D eigenvalue weighted by Gasteiger charge is 2.42. The Labute approximate surface area is 398 Å². The Hall–Kier alpha value is -6.08. The van der Waals surface area contributed by atoms with E-state index in [1.54, 1.807) is 53.1 Å². The monoisotopic (exact) mass is 1020 g/mol. The largest absolute Gasteiger partial charge is 0.481 e. The molecule has 3 aliphatic heterocycles. The van der Waals surface area contributed by atoms with E-state index in [1.807, 2.05) is 48.5 Å². The summed E-state index contributed by atoms with van der Waals surface area (Å²) in [5.74, 6) is -1.60. The van der Waals surface area contributed by atoms with Crippen molar-refractivity contribution in [1.82, 2.24) is 29.7 Å². The summed E-state index contributed by atoms with van der Waals surface area (Å²) in [6.07, 6.45) is 0.861. The van der Waals surface area contributed by atoms with Crippen molar-refractivity contribution in [2.75, 3.05) is 55.2 Å². The van der Waals surface area contributed by atoms with Gasteiger partial charge in [-0.05, 0) is 77.4 Å². The van der Waals surface area contributed by atoms with Crippen LogP contribution in [0.5, 0.6) is 0 Å². The minimum Gasteiger partial charge on any atom is -0.481 e. The Balaban J connectivity index is 0.000000173. The number of halogens is 2. The third kappa shape index (κ3) is 10.9. The molecule has 5 N–H and O–H groups in total. The molecule has 344 valence electrons. The molecule has 6 aromatic rings. The van der Waals surface area contributed by atoms with Crippen LogP contribution in [0.3, 0.4) is 0 Å². The fourth-order valence-corrected chi connectivity index (χ4v) is 8.72. The van der Waals surface area contributed by atoms with Gasteiger partial charge < -0.3 is 40.6 Å². The van der Waals surface area contributed by atoms with Crippen LogP contribution in [0.1, 0.15) is 74.1 Å². The number of carboxylic acid groups (broad SMARTS) is 1. The number of amides is 2. The average molecular weight is 1030 g/mol. The molecule has 0 bridgehead atoms.